The minimum atomic E-state index is -0.0112. The third-order valence-corrected chi connectivity index (χ3v) is 4.77. The van der Waals surface area contributed by atoms with E-state index in [2.05, 4.69) is 47.8 Å². The molecular formula is C24H28N2O2. The predicted octanol–water partition coefficient (Wildman–Crippen LogP) is 4.39. The van der Waals surface area contributed by atoms with Crippen molar-refractivity contribution in [2.75, 3.05) is 24.6 Å². The van der Waals surface area contributed by atoms with Crippen molar-refractivity contribution in [1.29, 1.82) is 0 Å². The number of hydrogen-bond donors (Lipinski definition) is 1. The molecule has 0 saturated carbocycles. The number of morpholine rings is 1. The predicted molar refractivity (Wildman–Crippen MR) is 116 cm³/mol. The van der Waals surface area contributed by atoms with Gasteiger partial charge in [0.05, 0.1) is 12.6 Å². The first-order chi connectivity index (χ1) is 13.8. The molecule has 1 amide bonds. The summed E-state index contributed by atoms with van der Waals surface area (Å²) in [5, 5.41) is 6.01. The minimum absolute atomic E-state index is 0.0112. The monoisotopic (exact) mass is 376 g/mol. The second kappa shape index (κ2) is 10.0. The zero-order valence-electron chi connectivity index (χ0n) is 16.6. The number of amides is 1. The molecule has 4 heteroatoms. The molecule has 1 fully saturated rings. The summed E-state index contributed by atoms with van der Waals surface area (Å²) < 4.78 is 5.71. The summed E-state index contributed by atoms with van der Waals surface area (Å²) in [6.07, 6.45) is -0.0112. The molecule has 1 atom stereocenters. The summed E-state index contributed by atoms with van der Waals surface area (Å²) in [6.45, 7) is 6.20. The van der Waals surface area contributed by atoms with Crippen LogP contribution in [0.15, 0.2) is 72.8 Å². The summed E-state index contributed by atoms with van der Waals surface area (Å²) in [5.74, 6) is 0.0153. The van der Waals surface area contributed by atoms with Crippen molar-refractivity contribution >= 4 is 22.4 Å². The van der Waals surface area contributed by atoms with E-state index in [9.17, 15) is 4.79 Å². The zero-order chi connectivity index (χ0) is 19.8. The molecule has 3 aromatic carbocycles. The Labute approximate surface area is 167 Å². The number of ether oxygens (including phenoxy) is 1. The molecule has 0 bridgehead atoms. The lowest BCUT2D eigenvalue weighted by Gasteiger charge is -2.33. The number of nitrogens with zero attached hydrogens (tertiary/aromatic N) is 1. The normalized spacial score (nSPS) is 16.6. The standard InChI is InChI=1S/C22H22N2O2.C2H6/c25-22-16-26-20(15-24(22)19-10-2-1-3-11-19)14-23-13-18-9-6-8-17-7-4-5-12-21(17)18;1-2/h1-12,20,23H,13-16H2;1-2H3. The van der Waals surface area contributed by atoms with Crippen LogP contribution in [0.5, 0.6) is 0 Å². The van der Waals surface area contributed by atoms with Crippen LogP contribution in [0.25, 0.3) is 10.8 Å². The lowest BCUT2D eigenvalue weighted by Crippen LogP contribution is -2.50. The van der Waals surface area contributed by atoms with E-state index in [1.54, 1.807) is 0 Å². The molecule has 4 nitrogen and oxygen atoms in total. The van der Waals surface area contributed by atoms with Gasteiger partial charge in [0.15, 0.2) is 0 Å². The summed E-state index contributed by atoms with van der Waals surface area (Å²) in [6, 6.07) is 24.6. The molecule has 1 aliphatic heterocycles. The zero-order valence-corrected chi connectivity index (χ0v) is 16.6. The summed E-state index contributed by atoms with van der Waals surface area (Å²) in [5.41, 5.74) is 2.20. The van der Waals surface area contributed by atoms with Crippen LogP contribution in [0.1, 0.15) is 19.4 Å². The Bertz CT molecular complexity index is 890. The first kappa shape index (κ1) is 20.1. The van der Waals surface area contributed by atoms with E-state index in [-0.39, 0.29) is 18.6 Å². The molecule has 4 rings (SSSR count). The largest absolute Gasteiger partial charge is 0.365 e. The van der Waals surface area contributed by atoms with Crippen LogP contribution in [0, 0.1) is 0 Å². The van der Waals surface area contributed by atoms with E-state index in [1.165, 1.54) is 16.3 Å². The van der Waals surface area contributed by atoms with Gasteiger partial charge in [0.1, 0.15) is 6.61 Å². The maximum atomic E-state index is 12.2. The van der Waals surface area contributed by atoms with E-state index in [4.69, 9.17) is 4.74 Å². The van der Waals surface area contributed by atoms with E-state index in [0.29, 0.717) is 13.1 Å². The van der Waals surface area contributed by atoms with Gasteiger partial charge in [-0.2, -0.15) is 0 Å². The Balaban J connectivity index is 0.00000109. The van der Waals surface area contributed by atoms with Gasteiger partial charge < -0.3 is 15.0 Å². The van der Waals surface area contributed by atoms with Crippen molar-refractivity contribution in [2.45, 2.75) is 26.5 Å². The molecule has 1 N–H and O–H groups in total. The fourth-order valence-corrected chi connectivity index (χ4v) is 3.42. The average molecular weight is 377 g/mol. The Morgan fingerprint density at radius 1 is 0.964 bits per heavy atom. The molecule has 0 spiro atoms. The maximum absolute atomic E-state index is 12.2. The van der Waals surface area contributed by atoms with Gasteiger partial charge in [-0.05, 0) is 28.5 Å². The maximum Gasteiger partial charge on any atom is 0.253 e. The molecule has 1 heterocycles. The highest BCUT2D eigenvalue weighted by atomic mass is 16.5. The Hall–Kier alpha value is -2.69. The molecule has 3 aromatic rings. The molecule has 1 aliphatic rings. The highest BCUT2D eigenvalue weighted by Crippen LogP contribution is 2.19. The Kier molecular flexibility index (Phi) is 7.18. The first-order valence-electron chi connectivity index (χ1n) is 9.95. The van der Waals surface area contributed by atoms with Crippen LogP contribution in [-0.2, 0) is 16.1 Å². The van der Waals surface area contributed by atoms with Gasteiger partial charge in [0.2, 0.25) is 0 Å². The number of nitrogens with one attached hydrogen (secondary N) is 1. The average Bonchev–Trinajstić information content (AvgIpc) is 2.77. The number of rotatable bonds is 5. The molecule has 0 radical (unpaired) electrons. The van der Waals surface area contributed by atoms with Gasteiger partial charge in [-0.15, -0.1) is 0 Å². The van der Waals surface area contributed by atoms with Crippen LogP contribution in [-0.4, -0.2) is 31.7 Å². The van der Waals surface area contributed by atoms with Crippen molar-refractivity contribution in [3.8, 4) is 0 Å². The van der Waals surface area contributed by atoms with Gasteiger partial charge in [-0.1, -0.05) is 74.5 Å². The van der Waals surface area contributed by atoms with Gasteiger partial charge in [-0.3, -0.25) is 4.79 Å². The number of benzene rings is 3. The highest BCUT2D eigenvalue weighted by molar-refractivity contribution is 5.95. The fraction of sp³-hybridized carbons (Fsp3) is 0.292. The topological polar surface area (TPSA) is 41.6 Å². The number of carbonyl (C=O) groups is 1. The number of anilines is 1. The molecule has 146 valence electrons. The minimum Gasteiger partial charge on any atom is -0.365 e. The van der Waals surface area contributed by atoms with Crippen LogP contribution in [0.4, 0.5) is 5.69 Å². The smallest absolute Gasteiger partial charge is 0.253 e. The quantitative estimate of drug-likeness (QED) is 0.718. The van der Waals surface area contributed by atoms with Crippen molar-refractivity contribution in [3.63, 3.8) is 0 Å². The van der Waals surface area contributed by atoms with Crippen molar-refractivity contribution in [3.05, 3.63) is 78.4 Å². The third-order valence-electron chi connectivity index (χ3n) is 4.77. The second-order valence-electron chi connectivity index (χ2n) is 6.54. The summed E-state index contributed by atoms with van der Waals surface area (Å²) >= 11 is 0. The molecular weight excluding hydrogens is 348 g/mol. The van der Waals surface area contributed by atoms with E-state index in [0.717, 1.165) is 12.2 Å². The van der Waals surface area contributed by atoms with Gasteiger partial charge in [-0.25, -0.2) is 0 Å². The SMILES string of the molecule is CC.O=C1COC(CNCc2cccc3ccccc23)CN1c1ccccc1. The first-order valence-corrected chi connectivity index (χ1v) is 9.95. The van der Waals surface area contributed by atoms with Gasteiger partial charge in [0.25, 0.3) is 5.91 Å². The van der Waals surface area contributed by atoms with Crippen LogP contribution in [0.3, 0.4) is 0 Å². The lowest BCUT2D eigenvalue weighted by atomic mass is 10.0. The van der Waals surface area contributed by atoms with E-state index in [1.807, 2.05) is 49.1 Å². The highest BCUT2D eigenvalue weighted by Gasteiger charge is 2.27. The molecule has 0 aromatic heterocycles. The Morgan fingerprint density at radius 2 is 1.68 bits per heavy atom. The number of fused-ring (bicyclic) bond motifs is 1. The van der Waals surface area contributed by atoms with Crippen LogP contribution < -0.4 is 10.2 Å². The van der Waals surface area contributed by atoms with E-state index >= 15 is 0 Å². The van der Waals surface area contributed by atoms with Gasteiger partial charge in [0, 0.05) is 18.8 Å². The van der Waals surface area contributed by atoms with Gasteiger partial charge >= 0.3 is 0 Å². The summed E-state index contributed by atoms with van der Waals surface area (Å²) in [4.78, 5) is 14.0. The molecule has 28 heavy (non-hydrogen) atoms. The van der Waals surface area contributed by atoms with Crippen molar-refractivity contribution < 1.29 is 9.53 Å². The van der Waals surface area contributed by atoms with Crippen LogP contribution in [0.2, 0.25) is 0 Å². The number of para-hydroxylation sites is 1. The second-order valence-corrected chi connectivity index (χ2v) is 6.54. The van der Waals surface area contributed by atoms with Crippen molar-refractivity contribution in [1.82, 2.24) is 5.32 Å². The van der Waals surface area contributed by atoms with Crippen molar-refractivity contribution in [2.24, 2.45) is 0 Å². The molecule has 1 unspecified atom stereocenters. The van der Waals surface area contributed by atoms with Crippen LogP contribution >= 0.6 is 0 Å². The molecule has 0 aliphatic carbocycles. The number of hydrogen-bond acceptors (Lipinski definition) is 3. The third kappa shape index (κ3) is 4.77. The fourth-order valence-electron chi connectivity index (χ4n) is 3.42. The molecule has 1 saturated heterocycles. The van der Waals surface area contributed by atoms with E-state index < -0.39 is 0 Å². The number of carbonyl (C=O) groups excluding carboxylic acids is 1. The Morgan fingerprint density at radius 3 is 2.50 bits per heavy atom. The summed E-state index contributed by atoms with van der Waals surface area (Å²) in [7, 11) is 0. The lowest BCUT2D eigenvalue weighted by molar-refractivity contribution is -0.129.